The second-order valence-electron chi connectivity index (χ2n) is 6.62. The van der Waals surface area contributed by atoms with Crippen LogP contribution < -0.4 is 14.8 Å². The van der Waals surface area contributed by atoms with Crippen LogP contribution in [-0.4, -0.2) is 41.1 Å². The molecule has 2 aromatic carbocycles. The van der Waals surface area contributed by atoms with E-state index in [0.717, 1.165) is 4.90 Å². The second kappa shape index (κ2) is 9.28. The van der Waals surface area contributed by atoms with Gasteiger partial charge in [-0.05, 0) is 48.4 Å². The minimum absolute atomic E-state index is 0.0127. The van der Waals surface area contributed by atoms with Crippen LogP contribution in [0, 0.1) is 0 Å². The molecule has 2 N–H and O–H groups in total. The Bertz CT molecular complexity index is 1090. The van der Waals surface area contributed by atoms with Crippen LogP contribution in [0.3, 0.4) is 0 Å². The van der Waals surface area contributed by atoms with Crippen LogP contribution in [0.25, 0.3) is 6.08 Å². The number of carboxylic acids is 1. The number of carbonyl (C=O) groups is 3. The van der Waals surface area contributed by atoms with Gasteiger partial charge in [-0.2, -0.15) is 0 Å². The van der Waals surface area contributed by atoms with Crippen LogP contribution in [-0.2, 0) is 16.1 Å². The third-order valence-corrected chi connectivity index (χ3v) is 5.04. The van der Waals surface area contributed by atoms with Gasteiger partial charge in [-0.15, -0.1) is 0 Å². The minimum Gasteiger partial charge on any atom is -0.493 e. The Kier molecular flexibility index (Phi) is 6.72. The fraction of sp³-hybridized carbons (Fsp3) is 0.190. The zero-order valence-electron chi connectivity index (χ0n) is 16.5. The van der Waals surface area contributed by atoms with Crippen molar-refractivity contribution in [3.63, 3.8) is 0 Å². The molecule has 0 spiro atoms. The van der Waals surface area contributed by atoms with Gasteiger partial charge in [0.05, 0.1) is 13.7 Å². The number of hydrogen-bond donors (Lipinski definition) is 2. The number of amides is 3. The largest absolute Gasteiger partial charge is 0.493 e. The van der Waals surface area contributed by atoms with Crippen LogP contribution in [0.2, 0.25) is 10.0 Å². The van der Waals surface area contributed by atoms with Gasteiger partial charge in [0, 0.05) is 10.0 Å². The number of carbonyl (C=O) groups excluding carboxylic acids is 2. The molecule has 8 nitrogen and oxygen atoms in total. The summed E-state index contributed by atoms with van der Waals surface area (Å²) in [7, 11) is 1.41. The molecule has 2 aromatic rings. The first-order chi connectivity index (χ1) is 14.7. The molecule has 1 aliphatic heterocycles. The van der Waals surface area contributed by atoms with E-state index in [1.165, 1.54) is 32.2 Å². The average Bonchev–Trinajstić information content (AvgIpc) is 2.98. The Morgan fingerprint density at radius 3 is 2.58 bits per heavy atom. The van der Waals surface area contributed by atoms with Crippen molar-refractivity contribution < 1.29 is 29.0 Å². The molecule has 1 heterocycles. The molecule has 1 atom stereocenters. The highest BCUT2D eigenvalue weighted by Crippen LogP contribution is 2.30. The smallest absolute Gasteiger partial charge is 0.344 e. The molecule has 1 saturated heterocycles. The van der Waals surface area contributed by atoms with Gasteiger partial charge in [0.15, 0.2) is 17.6 Å². The Morgan fingerprint density at radius 2 is 1.94 bits per heavy atom. The summed E-state index contributed by atoms with van der Waals surface area (Å²) in [6.07, 6.45) is 0.415. The third-order valence-electron chi connectivity index (χ3n) is 4.46. The first kappa shape index (κ1) is 22.5. The van der Waals surface area contributed by atoms with E-state index in [1.54, 1.807) is 24.3 Å². The van der Waals surface area contributed by atoms with Gasteiger partial charge in [0.1, 0.15) is 5.70 Å². The monoisotopic (exact) mass is 464 g/mol. The molecule has 3 rings (SSSR count). The number of carboxylic acid groups (broad SMARTS) is 1. The van der Waals surface area contributed by atoms with E-state index < -0.39 is 24.0 Å². The van der Waals surface area contributed by atoms with Gasteiger partial charge in [-0.25, -0.2) is 9.59 Å². The van der Waals surface area contributed by atoms with E-state index in [4.69, 9.17) is 37.8 Å². The van der Waals surface area contributed by atoms with E-state index in [0.29, 0.717) is 21.2 Å². The highest BCUT2D eigenvalue weighted by molar-refractivity contribution is 6.35. The highest BCUT2D eigenvalue weighted by atomic mass is 35.5. The lowest BCUT2D eigenvalue weighted by Gasteiger charge is -2.14. The standard InChI is InChI=1S/C21H18Cl2N2O6/c1-11(20(27)28)31-17-6-3-12(8-18(17)30-2)7-16-19(26)25(21(29)24-16)10-13-4-5-14(22)9-15(13)23/h3-9,11H,10H2,1-2H3,(H,24,29)(H,27,28). The Hall–Kier alpha value is -3.23. The van der Waals surface area contributed by atoms with Gasteiger partial charge in [-0.1, -0.05) is 35.3 Å². The van der Waals surface area contributed by atoms with Gasteiger partial charge in [-0.3, -0.25) is 9.69 Å². The number of nitrogens with zero attached hydrogens (tertiary/aromatic N) is 1. The van der Waals surface area contributed by atoms with Crippen LogP contribution in [0.5, 0.6) is 11.5 Å². The molecule has 1 unspecified atom stereocenters. The lowest BCUT2D eigenvalue weighted by Crippen LogP contribution is -2.30. The fourth-order valence-corrected chi connectivity index (χ4v) is 3.28. The quantitative estimate of drug-likeness (QED) is 0.474. The summed E-state index contributed by atoms with van der Waals surface area (Å²) < 4.78 is 10.6. The van der Waals surface area contributed by atoms with Crippen molar-refractivity contribution in [2.24, 2.45) is 0 Å². The zero-order chi connectivity index (χ0) is 22.7. The van der Waals surface area contributed by atoms with E-state index in [2.05, 4.69) is 5.32 Å². The number of urea groups is 1. The number of imide groups is 1. The number of halogens is 2. The van der Waals surface area contributed by atoms with Crippen molar-refractivity contribution >= 4 is 47.2 Å². The Labute approximate surface area is 187 Å². The van der Waals surface area contributed by atoms with E-state index in [1.807, 2.05) is 0 Å². The SMILES string of the molecule is COc1cc(C=C2NC(=O)N(Cc3ccc(Cl)cc3Cl)C2=O)ccc1OC(C)C(=O)O. The van der Waals surface area contributed by atoms with Gasteiger partial charge < -0.3 is 19.9 Å². The summed E-state index contributed by atoms with van der Waals surface area (Å²) in [6, 6.07) is 8.93. The molecule has 0 saturated carbocycles. The molecule has 10 heteroatoms. The first-order valence-corrected chi connectivity index (χ1v) is 9.81. The number of rotatable bonds is 7. The van der Waals surface area contributed by atoms with Gasteiger partial charge in [0.25, 0.3) is 5.91 Å². The van der Waals surface area contributed by atoms with Crippen LogP contribution >= 0.6 is 23.2 Å². The normalized spacial score (nSPS) is 15.7. The first-order valence-electron chi connectivity index (χ1n) is 9.05. The number of benzene rings is 2. The molecule has 1 fully saturated rings. The summed E-state index contributed by atoms with van der Waals surface area (Å²) in [5, 5.41) is 12.3. The fourth-order valence-electron chi connectivity index (χ4n) is 2.81. The molecule has 0 aliphatic carbocycles. The zero-order valence-corrected chi connectivity index (χ0v) is 18.0. The Balaban J connectivity index is 1.81. The predicted molar refractivity (Wildman–Crippen MR) is 114 cm³/mol. The molecule has 1 aliphatic rings. The van der Waals surface area contributed by atoms with Crippen molar-refractivity contribution in [2.75, 3.05) is 7.11 Å². The molecule has 0 radical (unpaired) electrons. The summed E-state index contributed by atoms with van der Waals surface area (Å²) >= 11 is 12.0. The van der Waals surface area contributed by atoms with Crippen LogP contribution in [0.15, 0.2) is 42.1 Å². The maximum Gasteiger partial charge on any atom is 0.344 e. The third kappa shape index (κ3) is 5.10. The van der Waals surface area contributed by atoms with Crippen molar-refractivity contribution in [1.29, 1.82) is 0 Å². The summed E-state index contributed by atoms with van der Waals surface area (Å²) in [5.74, 6) is -1.12. The number of ether oxygens (including phenoxy) is 2. The molecule has 3 amide bonds. The molecule has 0 bridgehead atoms. The molecule has 162 valence electrons. The van der Waals surface area contributed by atoms with Crippen molar-refractivity contribution in [2.45, 2.75) is 19.6 Å². The van der Waals surface area contributed by atoms with E-state index in [-0.39, 0.29) is 23.7 Å². The molecular weight excluding hydrogens is 447 g/mol. The molecule has 31 heavy (non-hydrogen) atoms. The average molecular weight is 465 g/mol. The summed E-state index contributed by atoms with van der Waals surface area (Å²) in [4.78, 5) is 37.1. The lowest BCUT2D eigenvalue weighted by atomic mass is 10.1. The molecule has 0 aromatic heterocycles. The topological polar surface area (TPSA) is 105 Å². The van der Waals surface area contributed by atoms with Crippen molar-refractivity contribution in [3.05, 3.63) is 63.3 Å². The van der Waals surface area contributed by atoms with E-state index >= 15 is 0 Å². The van der Waals surface area contributed by atoms with Crippen LogP contribution in [0.1, 0.15) is 18.1 Å². The maximum atomic E-state index is 12.7. The number of methoxy groups -OCH3 is 1. The second-order valence-corrected chi connectivity index (χ2v) is 7.47. The number of aliphatic carboxylic acids is 1. The lowest BCUT2D eigenvalue weighted by molar-refractivity contribution is -0.144. The number of hydrogen-bond acceptors (Lipinski definition) is 5. The molecular formula is C21H18Cl2N2O6. The summed E-state index contributed by atoms with van der Waals surface area (Å²) in [5.41, 5.74) is 1.19. The number of nitrogens with one attached hydrogen (secondary N) is 1. The minimum atomic E-state index is -1.12. The van der Waals surface area contributed by atoms with Gasteiger partial charge >= 0.3 is 12.0 Å². The maximum absolute atomic E-state index is 12.7. The van der Waals surface area contributed by atoms with E-state index in [9.17, 15) is 14.4 Å². The Morgan fingerprint density at radius 1 is 1.19 bits per heavy atom. The summed E-state index contributed by atoms with van der Waals surface area (Å²) in [6.45, 7) is 1.38. The highest BCUT2D eigenvalue weighted by Gasteiger charge is 2.34. The predicted octanol–water partition coefficient (Wildman–Crippen LogP) is 3.95. The van der Waals surface area contributed by atoms with Crippen molar-refractivity contribution in [3.8, 4) is 11.5 Å². The van der Waals surface area contributed by atoms with Gasteiger partial charge in [0.2, 0.25) is 0 Å². The van der Waals surface area contributed by atoms with Crippen molar-refractivity contribution in [1.82, 2.24) is 10.2 Å². The van der Waals surface area contributed by atoms with Crippen LogP contribution in [0.4, 0.5) is 4.79 Å².